The molecule has 2 amide bonds. The van der Waals surface area contributed by atoms with Crippen LogP contribution in [0.25, 0.3) is 0 Å². The van der Waals surface area contributed by atoms with Crippen LogP contribution in [0, 0.1) is 0 Å². The summed E-state index contributed by atoms with van der Waals surface area (Å²) in [6.45, 7) is 3.64. The molecule has 0 saturated heterocycles. The summed E-state index contributed by atoms with van der Waals surface area (Å²) >= 11 is 1.44. The largest absolute Gasteiger partial charge is 0.497 e. The van der Waals surface area contributed by atoms with Crippen molar-refractivity contribution in [3.63, 3.8) is 0 Å². The Balaban J connectivity index is 1.35. The minimum atomic E-state index is -0.817. The maximum atomic E-state index is 13.0. The highest BCUT2D eigenvalue weighted by Crippen LogP contribution is 2.38. The molecule has 1 atom stereocenters. The number of hydrazone groups is 1. The maximum absolute atomic E-state index is 13.0. The van der Waals surface area contributed by atoms with Crippen molar-refractivity contribution >= 4 is 40.3 Å². The van der Waals surface area contributed by atoms with E-state index in [4.69, 9.17) is 14.2 Å². The van der Waals surface area contributed by atoms with Gasteiger partial charge in [0.15, 0.2) is 6.10 Å². The van der Waals surface area contributed by atoms with Crippen molar-refractivity contribution in [1.29, 1.82) is 0 Å². The number of nitrogens with one attached hydrogen (secondary N) is 2. The molecule has 1 aliphatic carbocycles. The molecular weight excluding hydrogens is 518 g/mol. The van der Waals surface area contributed by atoms with Crippen molar-refractivity contribution in [1.82, 2.24) is 5.43 Å². The van der Waals surface area contributed by atoms with Gasteiger partial charge in [-0.3, -0.25) is 9.59 Å². The SMILES string of the molecule is CCOC(=O)c1c(NC(=O)c2ccc(OC(C)C(=O)NN=Cc3ccc(OC)cc3)cc2)sc2c1CCCC2. The minimum absolute atomic E-state index is 0.268. The fourth-order valence-electron chi connectivity index (χ4n) is 4.14. The van der Waals surface area contributed by atoms with E-state index in [1.165, 1.54) is 17.6 Å². The number of fused-ring (bicyclic) bond motifs is 1. The topological polar surface area (TPSA) is 115 Å². The third-order valence-electron chi connectivity index (χ3n) is 6.18. The number of ether oxygens (including phenoxy) is 3. The highest BCUT2D eigenvalue weighted by atomic mass is 32.1. The lowest BCUT2D eigenvalue weighted by molar-refractivity contribution is -0.127. The number of amides is 2. The summed E-state index contributed by atoms with van der Waals surface area (Å²) in [5.74, 6) is -0.0175. The number of hydrogen-bond acceptors (Lipinski definition) is 8. The van der Waals surface area contributed by atoms with Crippen LogP contribution in [0.1, 0.15) is 63.4 Å². The van der Waals surface area contributed by atoms with Crippen LogP contribution in [0.4, 0.5) is 5.00 Å². The van der Waals surface area contributed by atoms with Crippen LogP contribution in [0.15, 0.2) is 53.6 Å². The van der Waals surface area contributed by atoms with Gasteiger partial charge >= 0.3 is 5.97 Å². The van der Waals surface area contributed by atoms with E-state index < -0.39 is 18.0 Å². The lowest BCUT2D eigenvalue weighted by atomic mass is 9.95. The summed E-state index contributed by atoms with van der Waals surface area (Å²) in [4.78, 5) is 39.1. The Morgan fingerprint density at radius 1 is 1.03 bits per heavy atom. The Labute approximate surface area is 231 Å². The summed E-state index contributed by atoms with van der Waals surface area (Å²) in [5, 5.41) is 7.38. The molecular formula is C29H31N3O6S. The summed E-state index contributed by atoms with van der Waals surface area (Å²) in [5.41, 5.74) is 5.11. The van der Waals surface area contributed by atoms with Gasteiger partial charge < -0.3 is 19.5 Å². The second-order valence-electron chi connectivity index (χ2n) is 8.88. The van der Waals surface area contributed by atoms with Gasteiger partial charge in [0, 0.05) is 10.4 Å². The van der Waals surface area contributed by atoms with E-state index in [0.717, 1.165) is 47.4 Å². The molecule has 1 aliphatic rings. The molecule has 2 aromatic carbocycles. The molecule has 0 radical (unpaired) electrons. The van der Waals surface area contributed by atoms with Crippen molar-refractivity contribution in [2.24, 2.45) is 5.10 Å². The minimum Gasteiger partial charge on any atom is -0.497 e. The number of carbonyl (C=O) groups excluding carboxylic acids is 3. The first-order valence-corrected chi connectivity index (χ1v) is 13.6. The predicted octanol–water partition coefficient (Wildman–Crippen LogP) is 4.98. The monoisotopic (exact) mass is 549 g/mol. The quantitative estimate of drug-likeness (QED) is 0.209. The van der Waals surface area contributed by atoms with Crippen molar-refractivity contribution in [2.45, 2.75) is 45.6 Å². The molecule has 9 nitrogen and oxygen atoms in total. The van der Waals surface area contributed by atoms with Gasteiger partial charge in [-0.2, -0.15) is 5.10 Å². The van der Waals surface area contributed by atoms with Crippen LogP contribution in [0.2, 0.25) is 0 Å². The van der Waals surface area contributed by atoms with Gasteiger partial charge in [0.05, 0.1) is 25.5 Å². The van der Waals surface area contributed by atoms with E-state index in [1.807, 2.05) is 12.1 Å². The third kappa shape index (κ3) is 7.02. The average Bonchev–Trinajstić information content (AvgIpc) is 3.31. The van der Waals surface area contributed by atoms with Crippen molar-refractivity contribution < 1.29 is 28.6 Å². The number of anilines is 1. The fraction of sp³-hybridized carbons (Fsp3) is 0.310. The van der Waals surface area contributed by atoms with Crippen LogP contribution in [-0.4, -0.2) is 43.8 Å². The Morgan fingerprint density at radius 2 is 1.72 bits per heavy atom. The summed E-state index contributed by atoms with van der Waals surface area (Å²) in [7, 11) is 1.59. The zero-order chi connectivity index (χ0) is 27.8. The summed E-state index contributed by atoms with van der Waals surface area (Å²) in [6.07, 6.45) is 4.48. The smallest absolute Gasteiger partial charge is 0.341 e. The van der Waals surface area contributed by atoms with E-state index in [1.54, 1.807) is 57.4 Å². The number of benzene rings is 2. The van der Waals surface area contributed by atoms with Crippen LogP contribution in [-0.2, 0) is 22.4 Å². The molecule has 0 bridgehead atoms. The Hall–Kier alpha value is -4.18. The average molecular weight is 550 g/mol. The molecule has 4 rings (SSSR count). The number of aryl methyl sites for hydroxylation is 1. The van der Waals surface area contributed by atoms with Crippen molar-refractivity contribution in [3.8, 4) is 11.5 Å². The van der Waals surface area contributed by atoms with Gasteiger partial charge in [-0.25, -0.2) is 10.2 Å². The van der Waals surface area contributed by atoms with Gasteiger partial charge in [0.25, 0.3) is 11.8 Å². The van der Waals surface area contributed by atoms with E-state index >= 15 is 0 Å². The number of rotatable bonds is 10. The molecule has 1 aromatic heterocycles. The lowest BCUT2D eigenvalue weighted by Crippen LogP contribution is -2.33. The number of methoxy groups -OCH3 is 1. The number of hydrogen-bond donors (Lipinski definition) is 2. The maximum Gasteiger partial charge on any atom is 0.341 e. The zero-order valence-electron chi connectivity index (χ0n) is 22.1. The van der Waals surface area contributed by atoms with E-state index in [0.29, 0.717) is 21.9 Å². The second-order valence-corrected chi connectivity index (χ2v) is 9.99. The number of nitrogens with zero attached hydrogens (tertiary/aromatic N) is 1. The predicted molar refractivity (Wildman–Crippen MR) is 150 cm³/mol. The van der Waals surface area contributed by atoms with E-state index in [9.17, 15) is 14.4 Å². The molecule has 0 fully saturated rings. The molecule has 3 aromatic rings. The molecule has 0 aliphatic heterocycles. The zero-order valence-corrected chi connectivity index (χ0v) is 22.9. The first-order chi connectivity index (χ1) is 18.9. The highest BCUT2D eigenvalue weighted by Gasteiger charge is 2.27. The molecule has 10 heteroatoms. The van der Waals surface area contributed by atoms with Gasteiger partial charge in [0.1, 0.15) is 16.5 Å². The lowest BCUT2D eigenvalue weighted by Gasteiger charge is -2.13. The second kappa shape index (κ2) is 13.1. The Bertz CT molecular complexity index is 1350. The normalized spacial score (nSPS) is 13.3. The van der Waals surface area contributed by atoms with Crippen LogP contribution < -0.4 is 20.2 Å². The Morgan fingerprint density at radius 3 is 2.41 bits per heavy atom. The molecule has 0 saturated carbocycles. The molecule has 0 spiro atoms. The van der Waals surface area contributed by atoms with Crippen molar-refractivity contribution in [2.75, 3.05) is 19.0 Å². The first kappa shape index (κ1) is 27.8. The van der Waals surface area contributed by atoms with Crippen molar-refractivity contribution in [3.05, 3.63) is 75.7 Å². The Kier molecular flexibility index (Phi) is 9.32. The number of carbonyl (C=O) groups is 3. The molecule has 39 heavy (non-hydrogen) atoms. The van der Waals surface area contributed by atoms with Crippen LogP contribution >= 0.6 is 11.3 Å². The fourth-order valence-corrected chi connectivity index (χ4v) is 5.41. The highest BCUT2D eigenvalue weighted by molar-refractivity contribution is 7.17. The number of thiophene rings is 1. The molecule has 1 unspecified atom stereocenters. The van der Waals surface area contributed by atoms with Crippen LogP contribution in [0.5, 0.6) is 11.5 Å². The van der Waals surface area contributed by atoms with Gasteiger partial charge in [-0.1, -0.05) is 0 Å². The third-order valence-corrected chi connectivity index (χ3v) is 7.39. The standard InChI is InChI=1S/C29H31N3O6S/c1-4-37-29(35)25-23-7-5-6-8-24(23)39-28(25)31-27(34)20-11-15-22(16-12-20)38-18(2)26(33)32-30-17-19-9-13-21(36-3)14-10-19/h9-18H,4-8H2,1-3H3,(H,31,34)(H,32,33). The first-order valence-electron chi connectivity index (χ1n) is 12.8. The van der Waals surface area contributed by atoms with Gasteiger partial charge in [-0.05, 0) is 99.2 Å². The number of esters is 1. The van der Waals surface area contributed by atoms with Gasteiger partial charge in [0.2, 0.25) is 0 Å². The summed E-state index contributed by atoms with van der Waals surface area (Å²) in [6, 6.07) is 13.7. The molecule has 2 N–H and O–H groups in total. The molecule has 204 valence electrons. The van der Waals surface area contributed by atoms with E-state index in [2.05, 4.69) is 15.8 Å². The molecule has 1 heterocycles. The van der Waals surface area contributed by atoms with Gasteiger partial charge in [-0.15, -0.1) is 11.3 Å². The van der Waals surface area contributed by atoms with Crippen LogP contribution in [0.3, 0.4) is 0 Å². The summed E-state index contributed by atoms with van der Waals surface area (Å²) < 4.78 is 16.1. The van der Waals surface area contributed by atoms with E-state index in [-0.39, 0.29) is 12.5 Å².